The van der Waals surface area contributed by atoms with Crippen molar-refractivity contribution in [1.29, 1.82) is 0 Å². The van der Waals surface area contributed by atoms with Gasteiger partial charge in [-0.05, 0) is 11.6 Å². The molecule has 0 fully saturated rings. The summed E-state index contributed by atoms with van der Waals surface area (Å²) < 4.78 is 0. The lowest BCUT2D eigenvalue weighted by Crippen LogP contribution is -2.21. The number of aliphatic hydroxyl groups is 2. The molecule has 2 rings (SSSR count). The highest BCUT2D eigenvalue weighted by atomic mass is 16.3. The molecule has 0 aromatic carbocycles. The van der Waals surface area contributed by atoms with Crippen LogP contribution < -0.4 is 0 Å². The molecule has 8 nitrogen and oxygen atoms in total. The summed E-state index contributed by atoms with van der Waals surface area (Å²) in [5.41, 5.74) is 9.89. The van der Waals surface area contributed by atoms with E-state index >= 15 is 0 Å². The Hall–Kier alpha value is -2.15. The number of hydrogen-bond donors (Lipinski definition) is 3. The van der Waals surface area contributed by atoms with Gasteiger partial charge in [0.25, 0.3) is 0 Å². The molecule has 0 spiro atoms. The maximum atomic E-state index is 9.81. The smallest absolute Gasteiger partial charge is 0.108 e. The normalized spacial score (nSPS) is 14.2. The van der Waals surface area contributed by atoms with Crippen LogP contribution in [0.25, 0.3) is 21.5 Å². The Morgan fingerprint density at radius 2 is 2.29 bits per heavy atom. The molecule has 0 aliphatic rings. The zero-order valence-electron chi connectivity index (χ0n) is 8.72. The summed E-state index contributed by atoms with van der Waals surface area (Å²) in [5, 5.41) is 29.1. The van der Waals surface area contributed by atoms with Gasteiger partial charge in [0.15, 0.2) is 0 Å². The minimum Gasteiger partial charge on any atom is -0.390 e. The van der Waals surface area contributed by atoms with E-state index in [9.17, 15) is 10.2 Å². The van der Waals surface area contributed by atoms with Crippen molar-refractivity contribution in [1.82, 2.24) is 15.2 Å². The van der Waals surface area contributed by atoms with E-state index in [1.807, 2.05) is 0 Å². The van der Waals surface area contributed by atoms with Crippen molar-refractivity contribution < 1.29 is 10.2 Å². The monoisotopic (exact) mass is 234 g/mol. The molecule has 0 aliphatic heterocycles. The summed E-state index contributed by atoms with van der Waals surface area (Å²) in [6, 6.07) is 1.64. The summed E-state index contributed by atoms with van der Waals surface area (Å²) in [6.07, 6.45) is 0.692. The molecule has 0 aliphatic carbocycles. The molecule has 2 aromatic heterocycles. The quantitative estimate of drug-likeness (QED) is 0.407. The number of rotatable bonds is 4. The summed E-state index contributed by atoms with van der Waals surface area (Å²) in [4.78, 5) is 6.57. The van der Waals surface area contributed by atoms with E-state index < -0.39 is 12.2 Å². The van der Waals surface area contributed by atoms with Gasteiger partial charge in [-0.2, -0.15) is 5.10 Å². The van der Waals surface area contributed by atoms with E-state index in [0.29, 0.717) is 16.6 Å². The lowest BCUT2D eigenvalue weighted by molar-refractivity contribution is 0.0243. The number of H-pyrrole nitrogens is 1. The first-order chi connectivity index (χ1) is 8.22. The standard InChI is InChI=1S/C9H10N6O2/c10-15-13-4-8(16)9(17)5-1-6-7(11-2-5)3-12-14-6/h1-3,8-9,16-17H,4H2,(H,12,14). The molecule has 2 unspecified atom stereocenters. The first-order valence-corrected chi connectivity index (χ1v) is 4.88. The van der Waals surface area contributed by atoms with Crippen LogP contribution >= 0.6 is 0 Å². The Kier molecular flexibility index (Phi) is 3.20. The van der Waals surface area contributed by atoms with Gasteiger partial charge in [0.05, 0.1) is 24.4 Å². The van der Waals surface area contributed by atoms with Crippen LogP contribution in [0, 0.1) is 0 Å². The maximum absolute atomic E-state index is 9.81. The van der Waals surface area contributed by atoms with Gasteiger partial charge in [-0.25, -0.2) is 0 Å². The Balaban J connectivity index is 2.22. The van der Waals surface area contributed by atoms with Crippen molar-refractivity contribution in [3.05, 3.63) is 34.5 Å². The molecule has 2 heterocycles. The number of aromatic amines is 1. The number of hydrogen-bond acceptors (Lipinski definition) is 5. The first kappa shape index (κ1) is 11.3. The number of pyridine rings is 1. The highest BCUT2D eigenvalue weighted by Gasteiger charge is 2.18. The highest BCUT2D eigenvalue weighted by molar-refractivity contribution is 5.73. The summed E-state index contributed by atoms with van der Waals surface area (Å²) in [5.74, 6) is 0. The second-order valence-electron chi connectivity index (χ2n) is 3.50. The van der Waals surface area contributed by atoms with Crippen molar-refractivity contribution in [2.45, 2.75) is 12.2 Å². The van der Waals surface area contributed by atoms with Crippen molar-refractivity contribution in [3.63, 3.8) is 0 Å². The summed E-state index contributed by atoms with van der Waals surface area (Å²) in [7, 11) is 0. The van der Waals surface area contributed by atoms with Crippen LogP contribution in [0.15, 0.2) is 23.6 Å². The predicted molar refractivity (Wildman–Crippen MR) is 58.9 cm³/mol. The van der Waals surface area contributed by atoms with Gasteiger partial charge in [0, 0.05) is 16.7 Å². The molecule has 2 atom stereocenters. The number of aliphatic hydroxyl groups excluding tert-OH is 2. The third kappa shape index (κ3) is 2.34. The molecule has 0 saturated carbocycles. The third-order valence-electron chi connectivity index (χ3n) is 2.35. The van der Waals surface area contributed by atoms with Crippen LogP contribution in [0.2, 0.25) is 0 Å². The fourth-order valence-electron chi connectivity index (χ4n) is 1.45. The van der Waals surface area contributed by atoms with Crippen LogP contribution in [-0.2, 0) is 0 Å². The van der Waals surface area contributed by atoms with Gasteiger partial charge in [-0.3, -0.25) is 10.1 Å². The molecule has 8 heteroatoms. The van der Waals surface area contributed by atoms with Gasteiger partial charge in [0.2, 0.25) is 0 Å². The lowest BCUT2D eigenvalue weighted by atomic mass is 10.1. The molecule has 0 amide bonds. The van der Waals surface area contributed by atoms with Gasteiger partial charge < -0.3 is 10.2 Å². The third-order valence-corrected chi connectivity index (χ3v) is 2.35. The van der Waals surface area contributed by atoms with Crippen molar-refractivity contribution >= 4 is 11.0 Å². The zero-order chi connectivity index (χ0) is 12.3. The van der Waals surface area contributed by atoms with Crippen LogP contribution in [-0.4, -0.2) is 38.0 Å². The number of nitrogens with one attached hydrogen (secondary N) is 1. The van der Waals surface area contributed by atoms with E-state index in [-0.39, 0.29) is 6.54 Å². The first-order valence-electron chi connectivity index (χ1n) is 4.88. The van der Waals surface area contributed by atoms with Gasteiger partial charge in [0.1, 0.15) is 11.6 Å². The second kappa shape index (κ2) is 4.79. The van der Waals surface area contributed by atoms with Crippen LogP contribution in [0.1, 0.15) is 11.7 Å². The van der Waals surface area contributed by atoms with Crippen molar-refractivity contribution in [2.24, 2.45) is 5.11 Å². The minimum atomic E-state index is -1.16. The number of aromatic nitrogens is 3. The molecule has 0 bridgehead atoms. The Labute approximate surface area is 95.5 Å². The van der Waals surface area contributed by atoms with Gasteiger partial charge in [-0.15, -0.1) is 0 Å². The van der Waals surface area contributed by atoms with Crippen LogP contribution in [0.5, 0.6) is 0 Å². The second-order valence-corrected chi connectivity index (χ2v) is 3.50. The predicted octanol–water partition coefficient (Wildman–Crippen LogP) is 0.662. The zero-order valence-corrected chi connectivity index (χ0v) is 8.72. The van der Waals surface area contributed by atoms with E-state index in [4.69, 9.17) is 5.53 Å². The topological polar surface area (TPSA) is 131 Å². The fraction of sp³-hybridized carbons (Fsp3) is 0.333. The van der Waals surface area contributed by atoms with Crippen molar-refractivity contribution in [2.75, 3.05) is 6.54 Å². The molecule has 3 N–H and O–H groups in total. The molecular weight excluding hydrogens is 224 g/mol. The highest BCUT2D eigenvalue weighted by Crippen LogP contribution is 2.19. The SMILES string of the molecule is [N-]=[N+]=NCC(O)C(O)c1cnc2cn[nH]c2c1. The molecular formula is C9H10N6O2. The average Bonchev–Trinajstić information content (AvgIpc) is 2.81. The fourth-order valence-corrected chi connectivity index (χ4v) is 1.45. The number of nitrogens with zero attached hydrogens (tertiary/aromatic N) is 5. The van der Waals surface area contributed by atoms with Gasteiger partial charge in [-0.1, -0.05) is 5.11 Å². The molecule has 0 saturated heterocycles. The molecule has 17 heavy (non-hydrogen) atoms. The van der Waals surface area contributed by atoms with E-state index in [1.165, 1.54) is 6.20 Å². The van der Waals surface area contributed by atoms with E-state index in [0.717, 1.165) is 0 Å². The minimum absolute atomic E-state index is 0.196. The number of azide groups is 1. The van der Waals surface area contributed by atoms with Crippen LogP contribution in [0.3, 0.4) is 0 Å². The van der Waals surface area contributed by atoms with Gasteiger partial charge >= 0.3 is 0 Å². The largest absolute Gasteiger partial charge is 0.390 e. The summed E-state index contributed by atoms with van der Waals surface area (Å²) >= 11 is 0. The van der Waals surface area contributed by atoms with E-state index in [1.54, 1.807) is 12.3 Å². The average molecular weight is 234 g/mol. The maximum Gasteiger partial charge on any atom is 0.108 e. The van der Waals surface area contributed by atoms with Crippen LogP contribution in [0.4, 0.5) is 0 Å². The lowest BCUT2D eigenvalue weighted by Gasteiger charge is -2.15. The Bertz CT molecular complexity index is 561. The Morgan fingerprint density at radius 1 is 1.47 bits per heavy atom. The summed E-state index contributed by atoms with van der Waals surface area (Å²) in [6.45, 7) is -0.196. The van der Waals surface area contributed by atoms with Crippen molar-refractivity contribution in [3.8, 4) is 0 Å². The molecule has 0 radical (unpaired) electrons. The molecule has 88 valence electrons. The van der Waals surface area contributed by atoms with E-state index in [2.05, 4.69) is 25.2 Å². The molecule has 2 aromatic rings. The number of fused-ring (bicyclic) bond motifs is 1. The Morgan fingerprint density at radius 3 is 3.06 bits per heavy atom.